The van der Waals surface area contributed by atoms with Gasteiger partial charge in [-0.15, -0.1) is 22.9 Å². The van der Waals surface area contributed by atoms with Crippen LogP contribution in [0.15, 0.2) is 53.4 Å². The van der Waals surface area contributed by atoms with Crippen LogP contribution in [-0.2, 0) is 6.54 Å². The van der Waals surface area contributed by atoms with Gasteiger partial charge in [0, 0.05) is 39.5 Å². The summed E-state index contributed by atoms with van der Waals surface area (Å²) < 4.78 is 2.23. The van der Waals surface area contributed by atoms with Crippen LogP contribution >= 0.6 is 22.9 Å². The number of hydrogen-bond donors (Lipinski definition) is 0. The summed E-state index contributed by atoms with van der Waals surface area (Å²) in [5, 5.41) is 3.09. The molecule has 0 saturated heterocycles. The molecule has 0 amide bonds. The number of alkyl halides is 1. The number of aryl methyl sites for hydroxylation is 2. The summed E-state index contributed by atoms with van der Waals surface area (Å²) in [6.45, 7) is 7.10. The first-order valence-electron chi connectivity index (χ1n) is 10.2. The number of ketones is 1. The van der Waals surface area contributed by atoms with Crippen molar-refractivity contribution in [2.75, 3.05) is 5.88 Å². The van der Waals surface area contributed by atoms with Gasteiger partial charge in [0.25, 0.3) is 0 Å². The van der Waals surface area contributed by atoms with Crippen LogP contribution in [0.3, 0.4) is 0 Å². The smallest absolute Gasteiger partial charge is 0.195 e. The zero-order valence-electron chi connectivity index (χ0n) is 17.4. The van der Waals surface area contributed by atoms with Crippen LogP contribution in [0.1, 0.15) is 52.7 Å². The van der Waals surface area contributed by atoms with E-state index in [-0.39, 0.29) is 5.78 Å². The summed E-state index contributed by atoms with van der Waals surface area (Å²) >= 11 is 7.65. The number of aromatic nitrogens is 1. The molecule has 0 spiro atoms. The number of para-hydroxylation sites is 1. The largest absolute Gasteiger partial charge is 0.344 e. The van der Waals surface area contributed by atoms with Crippen LogP contribution < -0.4 is 0 Å². The molecule has 2 nitrogen and oxygen atoms in total. The van der Waals surface area contributed by atoms with Crippen molar-refractivity contribution in [2.45, 2.75) is 46.6 Å². The molecular weight excluding hydrogens is 398 g/mol. The maximum absolute atomic E-state index is 13.7. The molecule has 0 saturated carbocycles. The van der Waals surface area contributed by atoms with Gasteiger partial charge in [-0.05, 0) is 55.8 Å². The molecule has 0 radical (unpaired) electrons. The summed E-state index contributed by atoms with van der Waals surface area (Å²) in [7, 11) is 0. The van der Waals surface area contributed by atoms with Crippen LogP contribution in [0.4, 0.5) is 0 Å². The van der Waals surface area contributed by atoms with Gasteiger partial charge >= 0.3 is 0 Å². The molecule has 0 aliphatic carbocycles. The first-order chi connectivity index (χ1) is 14.1. The summed E-state index contributed by atoms with van der Waals surface area (Å²) in [4.78, 5) is 15.0. The minimum Gasteiger partial charge on any atom is -0.344 e. The van der Waals surface area contributed by atoms with Crippen molar-refractivity contribution < 1.29 is 4.79 Å². The number of rotatable bonds is 9. The molecule has 152 valence electrons. The third-order valence-electron chi connectivity index (χ3n) is 5.20. The number of allylic oxidation sites excluding steroid dienone is 3. The molecule has 0 unspecified atom stereocenters. The topological polar surface area (TPSA) is 22.0 Å². The number of hydrogen-bond acceptors (Lipinski definition) is 2. The highest BCUT2D eigenvalue weighted by Gasteiger charge is 2.21. The van der Waals surface area contributed by atoms with E-state index in [1.807, 2.05) is 31.2 Å². The van der Waals surface area contributed by atoms with Crippen LogP contribution in [0.25, 0.3) is 17.0 Å². The fourth-order valence-corrected chi connectivity index (χ4v) is 4.45. The lowest BCUT2D eigenvalue weighted by atomic mass is 9.98. The molecule has 0 atom stereocenters. The average Bonchev–Trinajstić information content (AvgIpc) is 3.25. The zero-order chi connectivity index (χ0) is 20.8. The van der Waals surface area contributed by atoms with Gasteiger partial charge < -0.3 is 4.57 Å². The van der Waals surface area contributed by atoms with E-state index in [0.717, 1.165) is 59.1 Å². The lowest BCUT2D eigenvalue weighted by molar-refractivity contribution is 0.103. The summed E-state index contributed by atoms with van der Waals surface area (Å²) in [5.41, 5.74) is 4.77. The van der Waals surface area contributed by atoms with Crippen LogP contribution in [0.2, 0.25) is 0 Å². The Morgan fingerprint density at radius 1 is 1.21 bits per heavy atom. The Morgan fingerprint density at radius 3 is 2.69 bits per heavy atom. The highest BCUT2D eigenvalue weighted by atomic mass is 35.5. The number of benzene rings is 1. The lowest BCUT2D eigenvalue weighted by Crippen LogP contribution is -2.06. The molecule has 29 heavy (non-hydrogen) atoms. The Kier molecular flexibility index (Phi) is 7.51. The second kappa shape index (κ2) is 10.1. The Morgan fingerprint density at radius 2 is 2.00 bits per heavy atom. The van der Waals surface area contributed by atoms with Gasteiger partial charge in [0.1, 0.15) is 0 Å². The van der Waals surface area contributed by atoms with Crippen LogP contribution in [0.5, 0.6) is 0 Å². The second-order valence-electron chi connectivity index (χ2n) is 7.22. The molecule has 0 aliphatic heterocycles. The van der Waals surface area contributed by atoms with Crippen LogP contribution in [-0.4, -0.2) is 16.2 Å². The van der Waals surface area contributed by atoms with E-state index < -0.39 is 0 Å². The van der Waals surface area contributed by atoms with Crippen molar-refractivity contribution >= 4 is 45.7 Å². The Bertz CT molecular complexity index is 1050. The molecule has 1 aromatic carbocycles. The van der Waals surface area contributed by atoms with Crippen molar-refractivity contribution in [3.05, 3.63) is 75.1 Å². The standard InChI is InChI=1S/C25H28ClNOS/c1-4-5-6-10-21(17-20-13-16-29-19(20)3)25(28)24-18(2)27(15-9-14-26)23-12-8-7-11-22(23)24/h6-8,10-13,16-17H,4-5,9,14-15H2,1-3H3/b10-6-,21-17+. The summed E-state index contributed by atoms with van der Waals surface area (Å²) in [6.07, 6.45) is 9.03. The maximum Gasteiger partial charge on any atom is 0.195 e. The fourth-order valence-electron chi connectivity index (χ4n) is 3.65. The zero-order valence-corrected chi connectivity index (χ0v) is 18.9. The number of carbonyl (C=O) groups is 1. The second-order valence-corrected chi connectivity index (χ2v) is 8.72. The van der Waals surface area contributed by atoms with E-state index in [0.29, 0.717) is 5.88 Å². The number of fused-ring (bicyclic) bond motifs is 1. The molecule has 2 heterocycles. The number of Topliss-reactive ketones (excluding diaryl/α,β-unsaturated/α-hetero) is 1. The van der Waals surface area contributed by atoms with Gasteiger partial charge in [0.05, 0.1) is 5.56 Å². The molecule has 4 heteroatoms. The molecule has 0 N–H and O–H groups in total. The minimum atomic E-state index is 0.0845. The number of carbonyl (C=O) groups excluding carboxylic acids is 1. The molecule has 3 rings (SSSR count). The van der Waals surface area contributed by atoms with Crippen molar-refractivity contribution in [3.63, 3.8) is 0 Å². The highest BCUT2D eigenvalue weighted by molar-refractivity contribution is 7.10. The number of halogens is 1. The third-order valence-corrected chi connectivity index (χ3v) is 6.33. The van der Waals surface area contributed by atoms with E-state index >= 15 is 0 Å². The molecule has 3 aromatic rings. The summed E-state index contributed by atoms with van der Waals surface area (Å²) in [5.74, 6) is 0.693. The number of unbranched alkanes of at least 4 members (excludes halogenated alkanes) is 1. The highest BCUT2D eigenvalue weighted by Crippen LogP contribution is 2.30. The van der Waals surface area contributed by atoms with E-state index in [1.54, 1.807) is 11.3 Å². The molecule has 0 bridgehead atoms. The predicted molar refractivity (Wildman–Crippen MR) is 127 cm³/mol. The SMILES string of the molecule is CCC/C=C\C(=C/c1ccsc1C)C(=O)c1c(C)n(CCCCl)c2ccccc12. The summed E-state index contributed by atoms with van der Waals surface area (Å²) in [6, 6.07) is 10.3. The van der Waals surface area contributed by atoms with E-state index in [1.165, 1.54) is 4.88 Å². The van der Waals surface area contributed by atoms with Crippen molar-refractivity contribution in [2.24, 2.45) is 0 Å². The predicted octanol–water partition coefficient (Wildman–Crippen LogP) is 7.57. The van der Waals surface area contributed by atoms with E-state index in [9.17, 15) is 4.79 Å². The Labute approximate surface area is 182 Å². The monoisotopic (exact) mass is 425 g/mol. The number of thiophene rings is 1. The third kappa shape index (κ3) is 4.73. The molecular formula is C25H28ClNOS. The van der Waals surface area contributed by atoms with E-state index in [2.05, 4.69) is 48.1 Å². The van der Waals surface area contributed by atoms with E-state index in [4.69, 9.17) is 11.6 Å². The lowest BCUT2D eigenvalue weighted by Gasteiger charge is -2.08. The van der Waals surface area contributed by atoms with Crippen LogP contribution in [0, 0.1) is 13.8 Å². The Hall–Kier alpha value is -2.10. The van der Waals surface area contributed by atoms with Gasteiger partial charge in [0.15, 0.2) is 5.78 Å². The van der Waals surface area contributed by atoms with Crippen molar-refractivity contribution in [1.82, 2.24) is 4.57 Å². The maximum atomic E-state index is 13.7. The van der Waals surface area contributed by atoms with Gasteiger partial charge in [0.2, 0.25) is 0 Å². The first kappa shape index (κ1) is 21.6. The average molecular weight is 426 g/mol. The van der Waals surface area contributed by atoms with Crippen molar-refractivity contribution in [3.8, 4) is 0 Å². The Balaban J connectivity index is 2.13. The quantitative estimate of drug-likeness (QED) is 0.150. The van der Waals surface area contributed by atoms with Gasteiger partial charge in [-0.25, -0.2) is 0 Å². The molecule has 2 aromatic heterocycles. The minimum absolute atomic E-state index is 0.0845. The van der Waals surface area contributed by atoms with Gasteiger partial charge in [-0.2, -0.15) is 0 Å². The van der Waals surface area contributed by atoms with Crippen molar-refractivity contribution in [1.29, 1.82) is 0 Å². The fraction of sp³-hybridized carbons (Fsp3) is 0.320. The first-order valence-corrected chi connectivity index (χ1v) is 11.6. The normalized spacial score (nSPS) is 12.3. The molecule has 0 fully saturated rings. The number of nitrogens with zero attached hydrogens (tertiary/aromatic N) is 1. The molecule has 0 aliphatic rings. The van der Waals surface area contributed by atoms with Gasteiger partial charge in [-0.3, -0.25) is 4.79 Å². The van der Waals surface area contributed by atoms with Gasteiger partial charge in [-0.1, -0.05) is 43.7 Å².